The van der Waals surface area contributed by atoms with Crippen LogP contribution in [0.25, 0.3) is 0 Å². The summed E-state index contributed by atoms with van der Waals surface area (Å²) in [6.45, 7) is 0. The molecule has 1 N–H and O–H groups in total. The van der Waals surface area contributed by atoms with Crippen molar-refractivity contribution in [3.63, 3.8) is 0 Å². The van der Waals surface area contributed by atoms with Crippen LogP contribution in [0.2, 0.25) is 0 Å². The van der Waals surface area contributed by atoms with Crippen LogP contribution in [0.15, 0.2) is 10.6 Å². The van der Waals surface area contributed by atoms with E-state index in [-0.39, 0.29) is 16.3 Å². The van der Waals surface area contributed by atoms with E-state index in [0.29, 0.717) is 6.42 Å². The molecule has 1 aliphatic carbocycles. The highest BCUT2D eigenvalue weighted by atomic mass is 35.5. The zero-order valence-corrected chi connectivity index (χ0v) is 6.56. The molecule has 4 heteroatoms. The summed E-state index contributed by atoms with van der Waals surface area (Å²) in [5.74, 6) is -0.967. The minimum atomic E-state index is -0.768. The van der Waals surface area contributed by atoms with Crippen molar-refractivity contribution >= 4 is 29.2 Å². The van der Waals surface area contributed by atoms with Crippen molar-refractivity contribution < 1.29 is 9.90 Å². The van der Waals surface area contributed by atoms with Crippen LogP contribution in [0.3, 0.4) is 0 Å². The lowest BCUT2D eigenvalue weighted by Gasteiger charge is -1.84. The summed E-state index contributed by atoms with van der Waals surface area (Å²) < 4.78 is 0.161. The van der Waals surface area contributed by atoms with Crippen LogP contribution in [0.5, 0.6) is 0 Å². The quantitative estimate of drug-likeness (QED) is 0.707. The van der Waals surface area contributed by atoms with Crippen LogP contribution in [0.4, 0.5) is 0 Å². The molecule has 1 rings (SSSR count). The smallest absolute Gasteiger partial charge is 0.307 e. The van der Waals surface area contributed by atoms with Crippen molar-refractivity contribution in [3.05, 3.63) is 10.6 Å². The summed E-state index contributed by atoms with van der Waals surface area (Å²) in [5, 5.41) is 8.42. The zero-order chi connectivity index (χ0) is 7.72. The Morgan fingerprint density at radius 1 is 1.60 bits per heavy atom. The number of carboxylic acid groups (broad SMARTS) is 1. The Morgan fingerprint density at radius 3 is 2.50 bits per heavy atom. The molecule has 10 heavy (non-hydrogen) atoms. The average molecular weight is 181 g/mol. The number of hydrogen-bond donors (Lipinski definition) is 1. The van der Waals surface area contributed by atoms with E-state index in [1.165, 1.54) is 0 Å². The van der Waals surface area contributed by atoms with Gasteiger partial charge in [-0.25, -0.2) is 0 Å². The van der Waals surface area contributed by atoms with E-state index >= 15 is 0 Å². The summed E-state index contributed by atoms with van der Waals surface area (Å²) in [6.07, 6.45) is 2.24. The van der Waals surface area contributed by atoms with E-state index in [9.17, 15) is 4.79 Å². The van der Waals surface area contributed by atoms with Gasteiger partial charge in [-0.1, -0.05) is 29.3 Å². The van der Waals surface area contributed by atoms with Gasteiger partial charge in [-0.05, 0) is 12.3 Å². The molecule has 2 atom stereocenters. The highest BCUT2D eigenvalue weighted by Gasteiger charge is 2.41. The largest absolute Gasteiger partial charge is 0.481 e. The van der Waals surface area contributed by atoms with Crippen molar-refractivity contribution in [3.8, 4) is 0 Å². The zero-order valence-electron chi connectivity index (χ0n) is 5.05. The second kappa shape index (κ2) is 2.81. The van der Waals surface area contributed by atoms with Gasteiger partial charge >= 0.3 is 5.97 Å². The van der Waals surface area contributed by atoms with Gasteiger partial charge in [0.05, 0.1) is 5.92 Å². The van der Waals surface area contributed by atoms with Gasteiger partial charge in [-0.15, -0.1) is 0 Å². The lowest BCUT2D eigenvalue weighted by atomic mass is 10.3. The van der Waals surface area contributed by atoms with E-state index in [0.717, 1.165) is 0 Å². The molecule has 1 fully saturated rings. The lowest BCUT2D eigenvalue weighted by Crippen LogP contribution is -1.97. The van der Waals surface area contributed by atoms with Crippen molar-refractivity contribution in [2.45, 2.75) is 6.42 Å². The second-order valence-corrected chi connectivity index (χ2v) is 3.31. The maximum Gasteiger partial charge on any atom is 0.307 e. The molecular formula is C6H6Cl2O2. The average Bonchev–Trinajstić information content (AvgIpc) is 2.43. The van der Waals surface area contributed by atoms with Gasteiger partial charge < -0.3 is 5.11 Å². The van der Waals surface area contributed by atoms with Crippen molar-refractivity contribution in [1.82, 2.24) is 0 Å². The Hall–Kier alpha value is -0.210. The monoisotopic (exact) mass is 180 g/mol. The molecule has 0 aliphatic heterocycles. The highest BCUT2D eigenvalue weighted by Crippen LogP contribution is 2.41. The molecule has 0 aromatic rings. The standard InChI is InChI=1S/C6H6Cl2O2/c7-5(8)2-3-1-4(3)6(9)10/h2-4H,1H2,(H,9,10)/t3?,4-/m1/s1. The van der Waals surface area contributed by atoms with E-state index < -0.39 is 5.97 Å². The fraction of sp³-hybridized carbons (Fsp3) is 0.500. The molecule has 0 heterocycles. The van der Waals surface area contributed by atoms with E-state index in [1.54, 1.807) is 6.08 Å². The van der Waals surface area contributed by atoms with Crippen LogP contribution in [0, 0.1) is 11.8 Å². The third-order valence-corrected chi connectivity index (χ3v) is 1.75. The number of allylic oxidation sites excluding steroid dienone is 1. The van der Waals surface area contributed by atoms with E-state index in [4.69, 9.17) is 28.3 Å². The fourth-order valence-electron chi connectivity index (χ4n) is 0.845. The summed E-state index contributed by atoms with van der Waals surface area (Å²) in [7, 11) is 0. The number of rotatable bonds is 2. The summed E-state index contributed by atoms with van der Waals surface area (Å²) in [4.78, 5) is 10.2. The van der Waals surface area contributed by atoms with Crippen molar-refractivity contribution in [1.29, 1.82) is 0 Å². The van der Waals surface area contributed by atoms with Gasteiger partial charge in [0.2, 0.25) is 0 Å². The number of aliphatic carboxylic acids is 1. The molecular weight excluding hydrogens is 175 g/mol. The minimum absolute atomic E-state index is 0.0579. The van der Waals surface area contributed by atoms with Crippen LogP contribution < -0.4 is 0 Å². The SMILES string of the molecule is O=C(O)[C@@H]1CC1C=C(Cl)Cl. The highest BCUT2D eigenvalue weighted by molar-refractivity contribution is 6.55. The molecule has 1 aliphatic rings. The number of carbonyl (C=O) groups is 1. The number of carboxylic acids is 1. The maximum absolute atomic E-state index is 10.2. The van der Waals surface area contributed by atoms with Gasteiger partial charge in [0.25, 0.3) is 0 Å². The first-order valence-corrected chi connectivity index (χ1v) is 3.62. The van der Waals surface area contributed by atoms with E-state index in [2.05, 4.69) is 0 Å². The molecule has 0 amide bonds. The molecule has 0 saturated heterocycles. The normalized spacial score (nSPS) is 29.4. The van der Waals surface area contributed by atoms with Crippen molar-refractivity contribution in [2.24, 2.45) is 11.8 Å². The number of halogens is 2. The van der Waals surface area contributed by atoms with Gasteiger partial charge in [-0.3, -0.25) is 4.79 Å². The molecule has 0 spiro atoms. The Bertz CT molecular complexity index is 184. The Morgan fingerprint density at radius 2 is 2.20 bits per heavy atom. The first kappa shape index (κ1) is 7.89. The molecule has 56 valence electrons. The topological polar surface area (TPSA) is 37.3 Å². The maximum atomic E-state index is 10.2. The van der Waals surface area contributed by atoms with Crippen LogP contribution in [-0.4, -0.2) is 11.1 Å². The van der Waals surface area contributed by atoms with Crippen LogP contribution in [0.1, 0.15) is 6.42 Å². The van der Waals surface area contributed by atoms with Crippen LogP contribution >= 0.6 is 23.2 Å². The molecule has 0 radical (unpaired) electrons. The van der Waals surface area contributed by atoms with Gasteiger partial charge in [0.1, 0.15) is 4.49 Å². The van der Waals surface area contributed by atoms with Crippen LogP contribution in [-0.2, 0) is 4.79 Å². The summed E-state index contributed by atoms with van der Waals surface area (Å²) >= 11 is 10.6. The molecule has 1 saturated carbocycles. The predicted octanol–water partition coefficient (Wildman–Crippen LogP) is 2.03. The molecule has 0 aromatic heterocycles. The summed E-state index contributed by atoms with van der Waals surface area (Å²) in [5.41, 5.74) is 0. The first-order valence-electron chi connectivity index (χ1n) is 2.87. The second-order valence-electron chi connectivity index (χ2n) is 2.30. The molecule has 2 nitrogen and oxygen atoms in total. The van der Waals surface area contributed by atoms with Gasteiger partial charge in [-0.2, -0.15) is 0 Å². The molecule has 0 bridgehead atoms. The first-order chi connectivity index (χ1) is 4.61. The third kappa shape index (κ3) is 1.89. The van der Waals surface area contributed by atoms with Crippen molar-refractivity contribution in [2.75, 3.05) is 0 Å². The minimum Gasteiger partial charge on any atom is -0.481 e. The molecule has 0 aromatic carbocycles. The lowest BCUT2D eigenvalue weighted by molar-refractivity contribution is -0.138. The van der Waals surface area contributed by atoms with Gasteiger partial charge in [0.15, 0.2) is 0 Å². The molecule has 1 unspecified atom stereocenters. The van der Waals surface area contributed by atoms with E-state index in [1.807, 2.05) is 0 Å². The summed E-state index contributed by atoms with van der Waals surface area (Å²) in [6, 6.07) is 0. The predicted molar refractivity (Wildman–Crippen MR) is 39.0 cm³/mol. The Balaban J connectivity index is 2.40. The number of hydrogen-bond acceptors (Lipinski definition) is 1. The third-order valence-electron chi connectivity index (χ3n) is 1.50. The Labute approximate surface area is 68.4 Å². The fourth-order valence-corrected chi connectivity index (χ4v) is 1.17. The Kier molecular flexibility index (Phi) is 2.21. The van der Waals surface area contributed by atoms with Gasteiger partial charge in [0, 0.05) is 0 Å².